The highest BCUT2D eigenvalue weighted by Gasteiger charge is 2.66. The van der Waals surface area contributed by atoms with Gasteiger partial charge >= 0.3 is 0 Å². The molecule has 4 atom stereocenters. The first-order chi connectivity index (χ1) is 45.2. The van der Waals surface area contributed by atoms with Gasteiger partial charge in [0.2, 0.25) is 0 Å². The molecule has 7 heterocycles. The summed E-state index contributed by atoms with van der Waals surface area (Å²) in [5.74, 6) is 11.0. The summed E-state index contributed by atoms with van der Waals surface area (Å²) >= 11 is 0. The number of anilines is 8. The van der Waals surface area contributed by atoms with Crippen LogP contribution in [0.3, 0.4) is 0 Å². The second-order valence-electron chi connectivity index (χ2n) is 31.6. The van der Waals surface area contributed by atoms with Crippen LogP contribution in [0.1, 0.15) is 163 Å². The molecule has 9 fully saturated rings. The van der Waals surface area contributed by atoms with Crippen molar-refractivity contribution in [3.05, 3.63) is 215 Å². The van der Waals surface area contributed by atoms with Crippen molar-refractivity contribution in [2.75, 3.05) is 33.7 Å². The first-order valence-corrected chi connectivity index (χ1v) is 36.3. The molecule has 8 bridgehead atoms. The molecule has 9 aliphatic carbocycles. The number of aromatic nitrogens is 3. The molecular weight excluding hydrogens is 1130 g/mol. The number of fused-ring (bicyclic) bond motifs is 5. The van der Waals surface area contributed by atoms with Gasteiger partial charge in [-0.1, -0.05) is 122 Å². The van der Waals surface area contributed by atoms with Crippen LogP contribution in [0.15, 0.2) is 176 Å². The van der Waals surface area contributed by atoms with Crippen LogP contribution in [0.4, 0.5) is 51.6 Å². The van der Waals surface area contributed by atoms with Crippen LogP contribution in [0.5, 0.6) is 0 Å². The Labute approximate surface area is 556 Å². The Morgan fingerprint density at radius 2 is 0.699 bits per heavy atom. The number of quaternary nitrogens is 1. The second-order valence-corrected chi connectivity index (χ2v) is 31.6. The Kier molecular flexibility index (Phi) is 15.2. The smallest absolute Gasteiger partial charge is 0.200 e. The molecule has 93 heavy (non-hydrogen) atoms. The molecular formula is C85H101N8+. The van der Waals surface area contributed by atoms with E-state index < -0.39 is 0 Å². The highest BCUT2D eigenvalue weighted by atomic mass is 15.5. The molecule has 3 aromatic heterocycles. The number of hydrogen-bond donors (Lipinski definition) is 0. The molecule has 0 N–H and O–H groups in total. The summed E-state index contributed by atoms with van der Waals surface area (Å²) in [6, 6.07) is 59.2. The van der Waals surface area contributed by atoms with Crippen molar-refractivity contribution in [2.24, 2.45) is 47.3 Å². The fraction of sp³-hybridized carbons (Fsp3) is 0.471. The third-order valence-corrected chi connectivity index (χ3v) is 27.2. The maximum Gasteiger partial charge on any atom is 0.200 e. The average Bonchev–Trinajstić information content (AvgIpc) is 1.66. The molecule has 4 unspecified atom stereocenters. The van der Waals surface area contributed by atoms with Crippen molar-refractivity contribution < 1.29 is 0 Å². The first-order valence-electron chi connectivity index (χ1n) is 36.3. The number of benzene rings is 5. The van der Waals surface area contributed by atoms with Gasteiger partial charge in [0.1, 0.15) is 11.6 Å². The van der Waals surface area contributed by atoms with Crippen LogP contribution in [-0.2, 0) is 16.2 Å². The minimum Gasteiger partial charge on any atom is -0.337 e. The number of aryl methyl sites for hydroxylation is 4. The first kappa shape index (κ1) is 60.6. The molecule has 8 heteroatoms. The summed E-state index contributed by atoms with van der Waals surface area (Å²) in [6.45, 7) is 18.6. The topological polar surface area (TPSA) is 51.6 Å². The Morgan fingerprint density at radius 1 is 0.344 bits per heavy atom. The summed E-state index contributed by atoms with van der Waals surface area (Å²) in [5, 5.41) is 0. The predicted octanol–water partition coefficient (Wildman–Crippen LogP) is 20.4. The zero-order valence-corrected chi connectivity index (χ0v) is 57.4. The molecule has 0 saturated heterocycles. The van der Waals surface area contributed by atoms with E-state index in [9.17, 15) is 0 Å². The predicted molar refractivity (Wildman–Crippen MR) is 386 cm³/mol. The van der Waals surface area contributed by atoms with E-state index in [0.717, 1.165) is 57.6 Å². The van der Waals surface area contributed by atoms with Gasteiger partial charge < -0.3 is 14.7 Å². The number of hydrogen-bond acceptors (Lipinski definition) is 7. The lowest BCUT2D eigenvalue weighted by Gasteiger charge is -2.62. The Bertz CT molecular complexity index is 3880. The highest BCUT2D eigenvalue weighted by Crippen LogP contribution is 2.71. The van der Waals surface area contributed by atoms with E-state index in [4.69, 9.17) is 9.97 Å². The van der Waals surface area contributed by atoms with Gasteiger partial charge in [0.05, 0.1) is 19.8 Å². The second kappa shape index (κ2) is 23.3. The van der Waals surface area contributed by atoms with E-state index in [1.807, 2.05) is 24.7 Å². The third kappa shape index (κ3) is 9.22. The van der Waals surface area contributed by atoms with E-state index in [0.29, 0.717) is 40.5 Å². The Balaban J connectivity index is 0.0000000992. The van der Waals surface area contributed by atoms with E-state index in [1.165, 1.54) is 170 Å². The van der Waals surface area contributed by atoms with Crippen molar-refractivity contribution in [3.8, 4) is 0 Å². The van der Waals surface area contributed by atoms with Gasteiger partial charge in [0.15, 0.2) is 17.7 Å². The SMILES string of the molecule is Cc1ccccc1N1c2ccccc2C2(C3CC4CC(C3)CC2C4)C1C.Cc1ccccc1N1c2ncccc2C2(C3CC4CC(C3)CC2C4)C1C.Cc1ccccc1N1c2ncccc2C2(CCCCC2)C1C.Cc1ccccc1N1c2ncccc2[N+](C)(C)C1C. The maximum atomic E-state index is 4.94. The summed E-state index contributed by atoms with van der Waals surface area (Å²) in [4.78, 5) is 24.5. The molecule has 0 radical (unpaired) electrons. The van der Waals surface area contributed by atoms with Gasteiger partial charge in [-0.2, -0.15) is 0 Å². The van der Waals surface area contributed by atoms with Crippen LogP contribution in [0.25, 0.3) is 0 Å². The monoisotopic (exact) mass is 1230 g/mol. The lowest BCUT2D eigenvalue weighted by atomic mass is 9.42. The van der Waals surface area contributed by atoms with E-state index in [-0.39, 0.29) is 0 Å². The minimum absolute atomic E-state index is 0.296. The van der Waals surface area contributed by atoms with Gasteiger partial charge in [-0.15, -0.1) is 0 Å². The van der Waals surface area contributed by atoms with Crippen LogP contribution in [0, 0.1) is 75.0 Å². The lowest BCUT2D eigenvalue weighted by molar-refractivity contribution is -0.0655. The molecule has 0 amide bonds. The van der Waals surface area contributed by atoms with Crippen molar-refractivity contribution in [3.63, 3.8) is 0 Å². The van der Waals surface area contributed by atoms with Gasteiger partial charge in [-0.25, -0.2) is 15.0 Å². The van der Waals surface area contributed by atoms with Crippen LogP contribution in [0.2, 0.25) is 0 Å². The minimum atomic E-state index is 0.296. The summed E-state index contributed by atoms with van der Waals surface area (Å²) in [6.07, 6.45) is 27.6. The lowest BCUT2D eigenvalue weighted by Crippen LogP contribution is -2.60. The quantitative estimate of drug-likeness (QED) is 0.163. The number of nitrogens with zero attached hydrogens (tertiary/aromatic N) is 8. The average molecular weight is 1230 g/mol. The summed E-state index contributed by atoms with van der Waals surface area (Å²) < 4.78 is 0.831. The van der Waals surface area contributed by atoms with E-state index >= 15 is 0 Å². The van der Waals surface area contributed by atoms with Crippen LogP contribution >= 0.6 is 0 Å². The molecule has 480 valence electrons. The zero-order valence-electron chi connectivity index (χ0n) is 57.4. The zero-order chi connectivity index (χ0) is 63.7. The molecule has 8 aromatic rings. The summed E-state index contributed by atoms with van der Waals surface area (Å²) in [7, 11) is 4.48. The maximum absolute atomic E-state index is 4.94. The van der Waals surface area contributed by atoms with Gasteiger partial charge in [-0.05, 0) is 249 Å². The van der Waals surface area contributed by atoms with Crippen molar-refractivity contribution in [1.29, 1.82) is 0 Å². The van der Waals surface area contributed by atoms with Crippen molar-refractivity contribution >= 4 is 51.6 Å². The highest BCUT2D eigenvalue weighted by molar-refractivity contribution is 5.80. The fourth-order valence-corrected chi connectivity index (χ4v) is 23.2. The van der Waals surface area contributed by atoms with E-state index in [1.54, 1.807) is 11.1 Å². The fourth-order valence-electron chi connectivity index (χ4n) is 23.2. The third-order valence-electron chi connectivity index (χ3n) is 27.2. The molecule has 21 rings (SSSR count). The summed E-state index contributed by atoms with van der Waals surface area (Å²) in [5.41, 5.74) is 19.2. The van der Waals surface area contributed by atoms with Gasteiger partial charge in [0.25, 0.3) is 0 Å². The van der Waals surface area contributed by atoms with Crippen molar-refractivity contribution in [1.82, 2.24) is 19.4 Å². The largest absolute Gasteiger partial charge is 0.337 e. The standard InChI is InChI=1S/C25H29N.C24H28N2.C20H24N2.C16H20N3/c1-16-7-3-5-9-23(16)26-17(2)25(22-8-4-6-10-24(22)26)20-12-18-11-19(14-20)15-21(25)13-18;1-15-6-3-4-8-22(15)26-16(2)24(21-7-5-9-25-23(21)26)19-11-17-10-18(13-19)14-20(24)12-17;1-15-9-4-5-11-18(15)22-16(2)20(12-6-3-7-13-20)17-10-8-14-21-19(17)22;1-12-8-5-6-9-14(12)18-13(2)19(3,4)15-10-7-11-17-16(15)18/h3-10,17-21H,11-15H2,1-2H3;3-9,16-20H,10-14H2,1-2H3;4-5,8-11,14,16H,3,6-7,12-13H2,1-2H3;5-11,13H,1-4H3/q;;;+1. The molecule has 3 spiro atoms. The number of para-hydroxylation sites is 5. The number of pyridine rings is 3. The normalized spacial score (nSPS) is 31.7. The molecule has 5 aromatic carbocycles. The van der Waals surface area contributed by atoms with Crippen molar-refractivity contribution in [2.45, 2.75) is 192 Å². The van der Waals surface area contributed by atoms with Crippen LogP contribution < -0.4 is 24.1 Å². The molecule has 9 saturated carbocycles. The Hall–Kier alpha value is -7.29. The van der Waals surface area contributed by atoms with Gasteiger partial charge in [-0.3, -0.25) is 9.38 Å². The number of rotatable bonds is 4. The van der Waals surface area contributed by atoms with Crippen LogP contribution in [-0.4, -0.2) is 53.3 Å². The molecule has 8 nitrogen and oxygen atoms in total. The molecule has 13 aliphatic rings. The van der Waals surface area contributed by atoms with E-state index in [2.05, 4.69) is 246 Å². The Morgan fingerprint density at radius 3 is 1.18 bits per heavy atom. The molecule has 4 aliphatic heterocycles. The van der Waals surface area contributed by atoms with Gasteiger partial charge in [0, 0.05) is 99.8 Å².